The smallest absolute Gasteiger partial charge is 0.0777 e. The Morgan fingerprint density at radius 1 is 1.60 bits per heavy atom. The normalized spacial score (nSPS) is 23.9. The monoisotopic (exact) mass is 225 g/mol. The number of likely N-dealkylation sites (N-methyl/N-ethyl adjacent to an activating group) is 1. The fourth-order valence-corrected chi connectivity index (χ4v) is 2.99. The highest BCUT2D eigenvalue weighted by Crippen LogP contribution is 2.28. The minimum absolute atomic E-state index is 0.373. The molecule has 1 saturated heterocycles. The zero-order chi connectivity index (χ0) is 10.5. The van der Waals surface area contributed by atoms with E-state index in [1.807, 2.05) is 11.3 Å². The molecule has 2 atom stereocenters. The van der Waals surface area contributed by atoms with Crippen LogP contribution in [0.3, 0.4) is 0 Å². The van der Waals surface area contributed by atoms with E-state index in [0.29, 0.717) is 12.1 Å². The molecule has 1 fully saturated rings. The van der Waals surface area contributed by atoms with Crippen LogP contribution in [0.4, 0.5) is 0 Å². The van der Waals surface area contributed by atoms with Crippen LogP contribution in [0.1, 0.15) is 37.1 Å². The van der Waals surface area contributed by atoms with E-state index in [-0.39, 0.29) is 0 Å². The Hall–Kier alpha value is -0.380. The molecule has 2 heterocycles. The van der Waals surface area contributed by atoms with Gasteiger partial charge in [-0.05, 0) is 37.3 Å². The molecule has 1 aromatic rings. The summed E-state index contributed by atoms with van der Waals surface area (Å²) >= 11 is 1.82. The summed E-state index contributed by atoms with van der Waals surface area (Å²) < 4.78 is 5.86. The van der Waals surface area contributed by atoms with E-state index in [2.05, 4.69) is 29.8 Å². The third kappa shape index (κ3) is 2.80. The first-order chi connectivity index (χ1) is 7.42. The maximum absolute atomic E-state index is 5.86. The average Bonchev–Trinajstić information content (AvgIpc) is 2.80. The quantitative estimate of drug-likeness (QED) is 0.850. The Bertz CT molecular complexity index is 267. The summed E-state index contributed by atoms with van der Waals surface area (Å²) in [5, 5.41) is 5.68. The van der Waals surface area contributed by atoms with Crippen LogP contribution < -0.4 is 5.32 Å². The van der Waals surface area contributed by atoms with Gasteiger partial charge in [0.1, 0.15) is 0 Å². The van der Waals surface area contributed by atoms with Gasteiger partial charge >= 0.3 is 0 Å². The van der Waals surface area contributed by atoms with Crippen molar-refractivity contribution in [3.8, 4) is 0 Å². The zero-order valence-corrected chi connectivity index (χ0v) is 10.1. The van der Waals surface area contributed by atoms with E-state index in [4.69, 9.17) is 4.74 Å². The molecule has 3 heteroatoms. The average molecular weight is 225 g/mol. The molecular formula is C12H19NOS. The summed E-state index contributed by atoms with van der Waals surface area (Å²) in [6.45, 7) is 4.09. The van der Waals surface area contributed by atoms with Crippen LogP contribution in [0.15, 0.2) is 17.5 Å². The van der Waals surface area contributed by atoms with Crippen molar-refractivity contribution in [2.45, 2.75) is 38.3 Å². The van der Waals surface area contributed by atoms with Gasteiger partial charge in [0.25, 0.3) is 0 Å². The number of ether oxygens (including phenoxy) is 1. The van der Waals surface area contributed by atoms with Gasteiger partial charge < -0.3 is 10.1 Å². The van der Waals surface area contributed by atoms with Crippen molar-refractivity contribution in [1.82, 2.24) is 5.32 Å². The first-order valence-electron chi connectivity index (χ1n) is 5.80. The molecule has 1 aliphatic rings. The topological polar surface area (TPSA) is 21.3 Å². The lowest BCUT2D eigenvalue weighted by Crippen LogP contribution is -2.35. The van der Waals surface area contributed by atoms with Crippen molar-refractivity contribution < 1.29 is 4.74 Å². The number of rotatable bonds is 4. The summed E-state index contributed by atoms with van der Waals surface area (Å²) in [7, 11) is 0. The zero-order valence-electron chi connectivity index (χ0n) is 9.24. The Balaban J connectivity index is 2.04. The highest BCUT2D eigenvalue weighted by Gasteiger charge is 2.25. The van der Waals surface area contributed by atoms with Crippen LogP contribution >= 0.6 is 11.3 Å². The molecular weight excluding hydrogens is 206 g/mol. The van der Waals surface area contributed by atoms with Crippen LogP contribution in [0, 0.1) is 0 Å². The van der Waals surface area contributed by atoms with Crippen LogP contribution in [-0.4, -0.2) is 19.3 Å². The molecule has 0 bridgehead atoms. The van der Waals surface area contributed by atoms with Gasteiger partial charge in [0, 0.05) is 11.5 Å². The van der Waals surface area contributed by atoms with Gasteiger partial charge in [-0.1, -0.05) is 13.0 Å². The van der Waals surface area contributed by atoms with E-state index < -0.39 is 0 Å². The van der Waals surface area contributed by atoms with Gasteiger partial charge in [0.2, 0.25) is 0 Å². The SMILES string of the molecule is CCNC(c1cccs1)C1CCCCO1. The molecule has 1 aliphatic heterocycles. The molecule has 0 radical (unpaired) electrons. The molecule has 15 heavy (non-hydrogen) atoms. The van der Waals surface area contributed by atoms with E-state index in [1.165, 1.54) is 24.1 Å². The van der Waals surface area contributed by atoms with Crippen molar-refractivity contribution in [1.29, 1.82) is 0 Å². The lowest BCUT2D eigenvalue weighted by molar-refractivity contribution is -0.00712. The number of hydrogen-bond acceptors (Lipinski definition) is 3. The molecule has 2 nitrogen and oxygen atoms in total. The highest BCUT2D eigenvalue weighted by atomic mass is 32.1. The summed E-state index contributed by atoms with van der Waals surface area (Å²) in [6.07, 6.45) is 4.09. The van der Waals surface area contributed by atoms with Gasteiger partial charge in [-0.25, -0.2) is 0 Å². The van der Waals surface area contributed by atoms with Crippen molar-refractivity contribution in [3.63, 3.8) is 0 Å². The fraction of sp³-hybridized carbons (Fsp3) is 0.667. The molecule has 1 aromatic heterocycles. The Morgan fingerprint density at radius 2 is 2.53 bits per heavy atom. The molecule has 0 aromatic carbocycles. The lowest BCUT2D eigenvalue weighted by atomic mass is 10.0. The van der Waals surface area contributed by atoms with Gasteiger partial charge in [-0.2, -0.15) is 0 Å². The van der Waals surface area contributed by atoms with Gasteiger partial charge in [-0.3, -0.25) is 0 Å². The van der Waals surface area contributed by atoms with Gasteiger partial charge in [0.15, 0.2) is 0 Å². The number of thiophene rings is 1. The van der Waals surface area contributed by atoms with E-state index >= 15 is 0 Å². The molecule has 0 spiro atoms. The molecule has 2 unspecified atom stereocenters. The predicted molar refractivity (Wildman–Crippen MR) is 64.3 cm³/mol. The van der Waals surface area contributed by atoms with Crippen LogP contribution in [0.5, 0.6) is 0 Å². The molecule has 1 N–H and O–H groups in total. The van der Waals surface area contributed by atoms with Crippen molar-refractivity contribution in [3.05, 3.63) is 22.4 Å². The summed E-state index contributed by atoms with van der Waals surface area (Å²) in [6, 6.07) is 4.72. The van der Waals surface area contributed by atoms with Crippen molar-refractivity contribution >= 4 is 11.3 Å². The fourth-order valence-electron chi connectivity index (χ4n) is 2.13. The predicted octanol–water partition coefficient (Wildman–Crippen LogP) is 2.97. The maximum atomic E-state index is 5.86. The minimum Gasteiger partial charge on any atom is -0.376 e. The summed E-state index contributed by atoms with van der Waals surface area (Å²) in [4.78, 5) is 1.41. The van der Waals surface area contributed by atoms with Gasteiger partial charge in [-0.15, -0.1) is 11.3 Å². The number of nitrogens with one attached hydrogen (secondary N) is 1. The largest absolute Gasteiger partial charge is 0.376 e. The summed E-state index contributed by atoms with van der Waals surface area (Å²) in [5.41, 5.74) is 0. The van der Waals surface area contributed by atoms with E-state index in [1.54, 1.807) is 0 Å². The molecule has 0 amide bonds. The third-order valence-electron chi connectivity index (χ3n) is 2.86. The second-order valence-electron chi connectivity index (χ2n) is 3.96. The maximum Gasteiger partial charge on any atom is 0.0777 e. The van der Waals surface area contributed by atoms with Crippen molar-refractivity contribution in [2.75, 3.05) is 13.2 Å². The highest BCUT2D eigenvalue weighted by molar-refractivity contribution is 7.10. The second kappa shape index (κ2) is 5.64. The van der Waals surface area contributed by atoms with Crippen LogP contribution in [0.25, 0.3) is 0 Å². The molecule has 84 valence electrons. The molecule has 2 rings (SSSR count). The minimum atomic E-state index is 0.373. The van der Waals surface area contributed by atoms with Crippen LogP contribution in [0.2, 0.25) is 0 Å². The molecule has 0 saturated carbocycles. The second-order valence-corrected chi connectivity index (χ2v) is 4.94. The number of hydrogen-bond donors (Lipinski definition) is 1. The van der Waals surface area contributed by atoms with Crippen molar-refractivity contribution in [2.24, 2.45) is 0 Å². The van der Waals surface area contributed by atoms with Gasteiger partial charge in [0.05, 0.1) is 12.1 Å². The van der Waals surface area contributed by atoms with Crippen LogP contribution in [-0.2, 0) is 4.74 Å². The lowest BCUT2D eigenvalue weighted by Gasteiger charge is -2.30. The molecule has 0 aliphatic carbocycles. The Labute approximate surface area is 95.6 Å². The summed E-state index contributed by atoms with van der Waals surface area (Å²) in [5.74, 6) is 0. The van der Waals surface area contributed by atoms with E-state index in [9.17, 15) is 0 Å². The first kappa shape index (κ1) is 11.1. The Morgan fingerprint density at radius 3 is 3.13 bits per heavy atom. The third-order valence-corrected chi connectivity index (χ3v) is 3.82. The van der Waals surface area contributed by atoms with E-state index in [0.717, 1.165) is 13.2 Å². The first-order valence-corrected chi connectivity index (χ1v) is 6.68. The standard InChI is InChI=1S/C12H19NOS/c1-2-13-12(11-7-5-9-15-11)10-6-3-4-8-14-10/h5,7,9-10,12-13H,2-4,6,8H2,1H3. The Kier molecular flexibility index (Phi) is 4.18.